The number of nitrogens with one attached hydrogen (secondary N) is 1. The zero-order chi connectivity index (χ0) is 13.0. The molecule has 1 fully saturated rings. The highest BCUT2D eigenvalue weighted by molar-refractivity contribution is 5.83. The molecule has 1 aromatic rings. The van der Waals surface area contributed by atoms with Gasteiger partial charge in [-0.15, -0.1) is 0 Å². The summed E-state index contributed by atoms with van der Waals surface area (Å²) in [6.45, 7) is 1.45. The van der Waals surface area contributed by atoms with E-state index in [-0.39, 0.29) is 5.91 Å². The maximum atomic E-state index is 11.9. The van der Waals surface area contributed by atoms with Gasteiger partial charge in [0.25, 0.3) is 0 Å². The molecule has 0 aliphatic carbocycles. The lowest BCUT2D eigenvalue weighted by Gasteiger charge is -2.33. The topological polar surface area (TPSA) is 52.6 Å². The van der Waals surface area contributed by atoms with Crippen LogP contribution in [0.2, 0.25) is 0 Å². The van der Waals surface area contributed by atoms with Crippen molar-refractivity contribution in [3.63, 3.8) is 0 Å². The monoisotopic (exact) mass is 248 g/mol. The molecule has 2 unspecified atom stereocenters. The Bertz CT molecular complexity index is 394. The summed E-state index contributed by atoms with van der Waals surface area (Å²) in [5, 5.41) is 13.2. The third-order valence-corrected chi connectivity index (χ3v) is 3.41. The molecule has 1 amide bonds. The Hall–Kier alpha value is -1.39. The molecule has 0 bridgehead atoms. The normalized spacial score (nSPS) is 22.0. The molecule has 4 nitrogen and oxygen atoms in total. The minimum atomic E-state index is -0.625. The summed E-state index contributed by atoms with van der Waals surface area (Å²) >= 11 is 0. The van der Waals surface area contributed by atoms with Gasteiger partial charge in [-0.1, -0.05) is 30.3 Å². The molecule has 2 atom stereocenters. The van der Waals surface area contributed by atoms with E-state index in [2.05, 4.69) is 5.32 Å². The molecular weight excluding hydrogens is 228 g/mol. The summed E-state index contributed by atoms with van der Waals surface area (Å²) in [5.74, 6) is -0.0122. The van der Waals surface area contributed by atoms with Gasteiger partial charge in [0.1, 0.15) is 6.04 Å². The number of hydrogen-bond acceptors (Lipinski definition) is 3. The highest BCUT2D eigenvalue weighted by atomic mass is 16.3. The lowest BCUT2D eigenvalue weighted by Crippen LogP contribution is -2.58. The van der Waals surface area contributed by atoms with Gasteiger partial charge in [0.15, 0.2) is 0 Å². The third-order valence-electron chi connectivity index (χ3n) is 3.41. The average Bonchev–Trinajstić information content (AvgIpc) is 2.40. The third kappa shape index (κ3) is 3.09. The van der Waals surface area contributed by atoms with E-state index >= 15 is 0 Å². The van der Waals surface area contributed by atoms with Crippen LogP contribution in [0.15, 0.2) is 30.3 Å². The molecule has 0 radical (unpaired) electrons. The standard InChI is InChI=1S/C14H20N2O2/c1-16-10-9-15-13(14(16)18)12(17)8-7-11-5-3-2-4-6-11/h2-6,12-13,15,17H,7-10H2,1H3. The molecule has 1 heterocycles. The molecule has 0 saturated carbocycles. The van der Waals surface area contributed by atoms with E-state index in [1.54, 1.807) is 11.9 Å². The molecule has 2 rings (SSSR count). The summed E-state index contributed by atoms with van der Waals surface area (Å²) < 4.78 is 0. The van der Waals surface area contributed by atoms with Crippen LogP contribution in [0.5, 0.6) is 0 Å². The fourth-order valence-corrected chi connectivity index (χ4v) is 2.25. The average molecular weight is 248 g/mol. The molecule has 98 valence electrons. The lowest BCUT2D eigenvalue weighted by molar-refractivity contribution is -0.137. The first kappa shape index (κ1) is 13.1. The number of hydrogen-bond donors (Lipinski definition) is 2. The van der Waals surface area contributed by atoms with Crippen LogP contribution in [-0.4, -0.2) is 48.2 Å². The van der Waals surface area contributed by atoms with Crippen LogP contribution in [0, 0.1) is 0 Å². The Morgan fingerprint density at radius 2 is 2.17 bits per heavy atom. The van der Waals surface area contributed by atoms with Crippen molar-refractivity contribution in [2.75, 3.05) is 20.1 Å². The number of piperazine rings is 1. The van der Waals surface area contributed by atoms with Crippen LogP contribution in [0.4, 0.5) is 0 Å². The van der Waals surface area contributed by atoms with Crippen molar-refractivity contribution in [3.8, 4) is 0 Å². The zero-order valence-corrected chi connectivity index (χ0v) is 10.7. The Morgan fingerprint density at radius 1 is 1.44 bits per heavy atom. The van der Waals surface area contributed by atoms with Crippen LogP contribution in [-0.2, 0) is 11.2 Å². The molecule has 4 heteroatoms. The van der Waals surface area contributed by atoms with E-state index in [9.17, 15) is 9.90 Å². The second kappa shape index (κ2) is 5.98. The molecule has 0 aromatic heterocycles. The molecule has 1 aliphatic rings. The molecule has 1 saturated heterocycles. The molecule has 1 aromatic carbocycles. The lowest BCUT2D eigenvalue weighted by atomic mass is 10.00. The van der Waals surface area contributed by atoms with Crippen LogP contribution in [0.25, 0.3) is 0 Å². The quantitative estimate of drug-likeness (QED) is 0.811. The number of amides is 1. The van der Waals surface area contributed by atoms with Crippen molar-refractivity contribution in [2.45, 2.75) is 25.0 Å². The number of aliphatic hydroxyl groups is 1. The van der Waals surface area contributed by atoms with Crippen LogP contribution >= 0.6 is 0 Å². The van der Waals surface area contributed by atoms with Crippen LogP contribution in [0.3, 0.4) is 0 Å². The smallest absolute Gasteiger partial charge is 0.242 e. The van der Waals surface area contributed by atoms with Gasteiger partial charge in [0.2, 0.25) is 5.91 Å². The number of rotatable bonds is 4. The Balaban J connectivity index is 1.88. The van der Waals surface area contributed by atoms with E-state index in [1.807, 2.05) is 30.3 Å². The second-order valence-corrected chi connectivity index (χ2v) is 4.78. The van der Waals surface area contributed by atoms with Gasteiger partial charge in [-0.05, 0) is 18.4 Å². The maximum Gasteiger partial charge on any atom is 0.242 e. The van der Waals surface area contributed by atoms with Crippen molar-refractivity contribution >= 4 is 5.91 Å². The van der Waals surface area contributed by atoms with Crippen molar-refractivity contribution < 1.29 is 9.90 Å². The van der Waals surface area contributed by atoms with E-state index in [0.717, 1.165) is 13.0 Å². The Kier molecular flexibility index (Phi) is 4.33. The number of nitrogens with zero attached hydrogens (tertiary/aromatic N) is 1. The van der Waals surface area contributed by atoms with Crippen LogP contribution < -0.4 is 5.32 Å². The molecule has 1 aliphatic heterocycles. The Morgan fingerprint density at radius 3 is 2.89 bits per heavy atom. The van der Waals surface area contributed by atoms with Crippen molar-refractivity contribution in [1.82, 2.24) is 10.2 Å². The van der Waals surface area contributed by atoms with Gasteiger partial charge in [-0.25, -0.2) is 0 Å². The van der Waals surface area contributed by atoms with Crippen LogP contribution in [0.1, 0.15) is 12.0 Å². The summed E-state index contributed by atoms with van der Waals surface area (Å²) in [6.07, 6.45) is 0.763. The number of benzene rings is 1. The molecule has 18 heavy (non-hydrogen) atoms. The van der Waals surface area contributed by atoms with Gasteiger partial charge in [-0.3, -0.25) is 4.79 Å². The van der Waals surface area contributed by atoms with E-state index in [1.165, 1.54) is 5.56 Å². The Labute approximate surface area is 108 Å². The van der Waals surface area contributed by atoms with Gasteiger partial charge in [-0.2, -0.15) is 0 Å². The zero-order valence-electron chi connectivity index (χ0n) is 10.7. The van der Waals surface area contributed by atoms with Crippen molar-refractivity contribution in [3.05, 3.63) is 35.9 Å². The van der Waals surface area contributed by atoms with Gasteiger partial charge in [0.05, 0.1) is 6.10 Å². The number of carbonyl (C=O) groups is 1. The summed E-state index contributed by atoms with van der Waals surface area (Å²) in [5.41, 5.74) is 1.19. The first-order valence-corrected chi connectivity index (χ1v) is 6.39. The number of aliphatic hydroxyl groups excluding tert-OH is 1. The first-order valence-electron chi connectivity index (χ1n) is 6.39. The van der Waals surface area contributed by atoms with E-state index < -0.39 is 12.1 Å². The van der Waals surface area contributed by atoms with E-state index in [4.69, 9.17) is 0 Å². The maximum absolute atomic E-state index is 11.9. The number of aryl methyl sites for hydroxylation is 1. The summed E-state index contributed by atoms with van der Waals surface area (Å²) in [7, 11) is 1.78. The fraction of sp³-hybridized carbons (Fsp3) is 0.500. The van der Waals surface area contributed by atoms with Crippen molar-refractivity contribution in [2.24, 2.45) is 0 Å². The van der Waals surface area contributed by atoms with Gasteiger partial charge >= 0.3 is 0 Å². The van der Waals surface area contributed by atoms with E-state index in [0.29, 0.717) is 13.0 Å². The summed E-state index contributed by atoms with van der Waals surface area (Å²) in [6, 6.07) is 9.57. The van der Waals surface area contributed by atoms with Gasteiger partial charge in [0, 0.05) is 20.1 Å². The van der Waals surface area contributed by atoms with Crippen molar-refractivity contribution in [1.29, 1.82) is 0 Å². The second-order valence-electron chi connectivity index (χ2n) is 4.78. The number of carbonyl (C=O) groups excluding carboxylic acids is 1. The SMILES string of the molecule is CN1CCNC(C(O)CCc2ccccc2)C1=O. The fourth-order valence-electron chi connectivity index (χ4n) is 2.25. The molecular formula is C14H20N2O2. The predicted molar refractivity (Wildman–Crippen MR) is 70.2 cm³/mol. The summed E-state index contributed by atoms with van der Waals surface area (Å²) in [4.78, 5) is 13.6. The predicted octanol–water partition coefficient (Wildman–Crippen LogP) is 0.410. The molecule has 0 spiro atoms. The van der Waals surface area contributed by atoms with Gasteiger partial charge < -0.3 is 15.3 Å². The highest BCUT2D eigenvalue weighted by Gasteiger charge is 2.31. The highest BCUT2D eigenvalue weighted by Crippen LogP contribution is 2.10. The number of likely N-dealkylation sites (N-methyl/N-ethyl adjacent to an activating group) is 1. The molecule has 2 N–H and O–H groups in total. The minimum Gasteiger partial charge on any atom is -0.391 e. The first-order chi connectivity index (χ1) is 8.68. The minimum absolute atomic E-state index is 0.0122. The largest absolute Gasteiger partial charge is 0.391 e.